The summed E-state index contributed by atoms with van der Waals surface area (Å²) in [6, 6.07) is 13.8. The predicted octanol–water partition coefficient (Wildman–Crippen LogP) is 5.63. The SMILES string of the molecule is Brc1cccc(CN2CCCCC[C@H]2c2cccs2)c1. The Kier molecular flexibility index (Phi) is 4.92. The smallest absolute Gasteiger partial charge is 0.0445 e. The van der Waals surface area contributed by atoms with Crippen LogP contribution in [0.2, 0.25) is 0 Å². The zero-order valence-electron chi connectivity index (χ0n) is 11.6. The molecule has 1 aliphatic rings. The van der Waals surface area contributed by atoms with E-state index in [9.17, 15) is 0 Å². The van der Waals surface area contributed by atoms with Crippen molar-refractivity contribution in [3.8, 4) is 0 Å². The van der Waals surface area contributed by atoms with Crippen molar-refractivity contribution in [2.24, 2.45) is 0 Å². The maximum absolute atomic E-state index is 3.58. The minimum Gasteiger partial charge on any atom is -0.291 e. The van der Waals surface area contributed by atoms with Gasteiger partial charge in [0.2, 0.25) is 0 Å². The molecule has 3 rings (SSSR count). The van der Waals surface area contributed by atoms with Crippen LogP contribution in [0.15, 0.2) is 46.3 Å². The number of benzene rings is 1. The number of likely N-dealkylation sites (tertiary alicyclic amines) is 1. The van der Waals surface area contributed by atoms with Gasteiger partial charge in [0.25, 0.3) is 0 Å². The van der Waals surface area contributed by atoms with Crippen LogP contribution in [0.3, 0.4) is 0 Å². The molecule has 3 heteroatoms. The summed E-state index contributed by atoms with van der Waals surface area (Å²) in [6.45, 7) is 2.27. The summed E-state index contributed by atoms with van der Waals surface area (Å²) >= 11 is 5.49. The van der Waals surface area contributed by atoms with Gasteiger partial charge in [-0.3, -0.25) is 4.90 Å². The molecule has 1 nitrogen and oxygen atoms in total. The Morgan fingerprint density at radius 3 is 2.90 bits per heavy atom. The van der Waals surface area contributed by atoms with Crippen molar-refractivity contribution in [1.29, 1.82) is 0 Å². The molecule has 1 atom stereocenters. The lowest BCUT2D eigenvalue weighted by atomic mass is 10.1. The molecule has 1 aromatic heterocycles. The molecule has 20 heavy (non-hydrogen) atoms. The van der Waals surface area contributed by atoms with Crippen LogP contribution in [0, 0.1) is 0 Å². The van der Waals surface area contributed by atoms with Gasteiger partial charge >= 0.3 is 0 Å². The van der Waals surface area contributed by atoms with E-state index < -0.39 is 0 Å². The van der Waals surface area contributed by atoms with Crippen molar-refractivity contribution in [1.82, 2.24) is 4.90 Å². The summed E-state index contributed by atoms with van der Waals surface area (Å²) < 4.78 is 1.18. The molecule has 1 fully saturated rings. The fraction of sp³-hybridized carbons (Fsp3) is 0.412. The molecule has 2 aromatic rings. The maximum Gasteiger partial charge on any atom is 0.0445 e. The minimum absolute atomic E-state index is 0.608. The zero-order valence-corrected chi connectivity index (χ0v) is 14.0. The predicted molar refractivity (Wildman–Crippen MR) is 90.1 cm³/mol. The Morgan fingerprint density at radius 2 is 2.10 bits per heavy atom. The second-order valence-corrected chi connectivity index (χ2v) is 7.38. The summed E-state index contributed by atoms with van der Waals surface area (Å²) in [5.41, 5.74) is 1.41. The van der Waals surface area contributed by atoms with Crippen LogP contribution in [0.5, 0.6) is 0 Å². The van der Waals surface area contributed by atoms with Gasteiger partial charge < -0.3 is 0 Å². The van der Waals surface area contributed by atoms with Gasteiger partial charge in [0.05, 0.1) is 0 Å². The third kappa shape index (κ3) is 3.51. The highest BCUT2D eigenvalue weighted by Crippen LogP contribution is 2.33. The zero-order chi connectivity index (χ0) is 13.8. The lowest BCUT2D eigenvalue weighted by molar-refractivity contribution is 0.195. The molecule has 106 valence electrons. The van der Waals surface area contributed by atoms with Crippen molar-refractivity contribution in [2.45, 2.75) is 38.3 Å². The van der Waals surface area contributed by atoms with Crippen LogP contribution < -0.4 is 0 Å². The molecule has 2 heterocycles. The number of hydrogen-bond donors (Lipinski definition) is 0. The number of nitrogens with zero attached hydrogens (tertiary/aromatic N) is 1. The van der Waals surface area contributed by atoms with E-state index in [2.05, 4.69) is 62.6 Å². The topological polar surface area (TPSA) is 3.24 Å². The van der Waals surface area contributed by atoms with Gasteiger partial charge in [-0.15, -0.1) is 11.3 Å². The largest absolute Gasteiger partial charge is 0.291 e. The van der Waals surface area contributed by atoms with E-state index in [0.717, 1.165) is 6.54 Å². The first-order valence-corrected chi connectivity index (χ1v) is 9.02. The maximum atomic E-state index is 3.58. The van der Waals surface area contributed by atoms with Gasteiger partial charge in [0, 0.05) is 21.9 Å². The molecule has 0 aliphatic carbocycles. The Hall–Kier alpha value is -0.640. The number of halogens is 1. The first-order chi connectivity index (χ1) is 9.83. The standard InChI is InChI=1S/C17H20BrNS/c18-15-7-4-6-14(12-15)13-19-10-3-1-2-8-16(19)17-9-5-11-20-17/h4-7,9,11-12,16H,1-3,8,10,13H2/t16-/m0/s1. The molecular weight excluding hydrogens is 330 g/mol. The van der Waals surface area contributed by atoms with E-state index in [1.165, 1.54) is 47.1 Å². The fourth-order valence-electron chi connectivity index (χ4n) is 3.03. The number of rotatable bonds is 3. The molecule has 1 aromatic carbocycles. The van der Waals surface area contributed by atoms with Crippen LogP contribution in [0.25, 0.3) is 0 Å². The number of thiophene rings is 1. The average Bonchev–Trinajstić information content (AvgIpc) is 2.87. The Labute approximate surface area is 133 Å². The highest BCUT2D eigenvalue weighted by atomic mass is 79.9. The molecule has 1 aliphatic heterocycles. The monoisotopic (exact) mass is 349 g/mol. The molecule has 0 radical (unpaired) electrons. The van der Waals surface area contributed by atoms with Gasteiger partial charge in [-0.1, -0.05) is 47.0 Å². The van der Waals surface area contributed by atoms with Gasteiger partial charge in [0.15, 0.2) is 0 Å². The second kappa shape index (κ2) is 6.88. The van der Waals surface area contributed by atoms with Crippen molar-refractivity contribution >= 4 is 27.3 Å². The van der Waals surface area contributed by atoms with Gasteiger partial charge in [-0.05, 0) is 48.5 Å². The third-order valence-electron chi connectivity index (χ3n) is 4.01. The average molecular weight is 350 g/mol. The summed E-state index contributed by atoms with van der Waals surface area (Å²) in [5, 5.41) is 2.21. The van der Waals surface area contributed by atoms with Crippen molar-refractivity contribution in [3.63, 3.8) is 0 Å². The van der Waals surface area contributed by atoms with Crippen molar-refractivity contribution in [3.05, 3.63) is 56.7 Å². The van der Waals surface area contributed by atoms with Gasteiger partial charge in [-0.25, -0.2) is 0 Å². The Balaban J connectivity index is 1.80. The van der Waals surface area contributed by atoms with E-state index in [1.807, 2.05) is 11.3 Å². The normalized spacial score (nSPS) is 20.8. The first-order valence-electron chi connectivity index (χ1n) is 7.35. The first kappa shape index (κ1) is 14.3. The highest BCUT2D eigenvalue weighted by molar-refractivity contribution is 9.10. The van der Waals surface area contributed by atoms with E-state index in [0.29, 0.717) is 6.04 Å². The van der Waals surface area contributed by atoms with Crippen LogP contribution >= 0.6 is 27.3 Å². The summed E-state index contributed by atoms with van der Waals surface area (Å²) in [7, 11) is 0. The lowest BCUT2D eigenvalue weighted by Crippen LogP contribution is -2.27. The molecule has 1 saturated heterocycles. The minimum atomic E-state index is 0.608. The van der Waals surface area contributed by atoms with Crippen molar-refractivity contribution in [2.75, 3.05) is 6.54 Å². The molecule has 0 N–H and O–H groups in total. The Morgan fingerprint density at radius 1 is 1.15 bits per heavy atom. The molecule has 0 spiro atoms. The van der Waals surface area contributed by atoms with Gasteiger partial charge in [-0.2, -0.15) is 0 Å². The summed E-state index contributed by atoms with van der Waals surface area (Å²) in [4.78, 5) is 4.20. The molecule has 0 amide bonds. The fourth-order valence-corrected chi connectivity index (χ4v) is 4.37. The number of hydrogen-bond acceptors (Lipinski definition) is 2. The Bertz CT molecular complexity index is 538. The van der Waals surface area contributed by atoms with E-state index in [4.69, 9.17) is 0 Å². The summed E-state index contributed by atoms with van der Waals surface area (Å²) in [6.07, 6.45) is 5.36. The van der Waals surface area contributed by atoms with Crippen LogP contribution in [-0.4, -0.2) is 11.4 Å². The molecular formula is C17H20BrNS. The molecule has 0 saturated carbocycles. The highest BCUT2D eigenvalue weighted by Gasteiger charge is 2.23. The van der Waals surface area contributed by atoms with E-state index in [-0.39, 0.29) is 0 Å². The van der Waals surface area contributed by atoms with Crippen LogP contribution in [0.1, 0.15) is 42.2 Å². The molecule has 0 unspecified atom stereocenters. The van der Waals surface area contributed by atoms with E-state index >= 15 is 0 Å². The summed E-state index contributed by atoms with van der Waals surface area (Å²) in [5.74, 6) is 0. The second-order valence-electron chi connectivity index (χ2n) is 5.48. The van der Waals surface area contributed by atoms with E-state index in [1.54, 1.807) is 0 Å². The van der Waals surface area contributed by atoms with Crippen molar-refractivity contribution < 1.29 is 0 Å². The quantitative estimate of drug-likeness (QED) is 0.694. The van der Waals surface area contributed by atoms with Crippen LogP contribution in [0.4, 0.5) is 0 Å². The van der Waals surface area contributed by atoms with Gasteiger partial charge in [0.1, 0.15) is 0 Å². The van der Waals surface area contributed by atoms with Crippen LogP contribution in [-0.2, 0) is 6.54 Å². The lowest BCUT2D eigenvalue weighted by Gasteiger charge is -2.29. The molecule has 0 bridgehead atoms. The third-order valence-corrected chi connectivity index (χ3v) is 5.48.